The van der Waals surface area contributed by atoms with Gasteiger partial charge >= 0.3 is 0 Å². The first kappa shape index (κ1) is 21.6. The molecule has 0 amide bonds. The molecule has 0 unspecified atom stereocenters. The molecule has 0 aliphatic rings. The van der Waals surface area contributed by atoms with Gasteiger partial charge in [0.25, 0.3) is 0 Å². The summed E-state index contributed by atoms with van der Waals surface area (Å²) in [6.45, 7) is 0. The summed E-state index contributed by atoms with van der Waals surface area (Å²) in [5.41, 5.74) is 2.03. The van der Waals surface area contributed by atoms with E-state index in [1.54, 1.807) is 17.4 Å². The van der Waals surface area contributed by atoms with E-state index in [0.717, 1.165) is 37.8 Å². The molecule has 7 heteroatoms. The highest BCUT2D eigenvalue weighted by Crippen LogP contribution is 2.40. The van der Waals surface area contributed by atoms with Crippen LogP contribution in [0.1, 0.15) is 0 Å². The number of hydrogen-bond acceptors (Lipinski definition) is 2. The number of rotatable bonds is 4. The van der Waals surface area contributed by atoms with Crippen molar-refractivity contribution in [3.8, 4) is 41.8 Å². The Morgan fingerprint density at radius 1 is 0.364 bits per heavy atom. The summed E-state index contributed by atoms with van der Waals surface area (Å²) in [5.74, 6) is -9.72. The predicted octanol–water partition coefficient (Wildman–Crippen LogP) is 9.17. The van der Waals surface area contributed by atoms with Crippen LogP contribution in [-0.4, -0.2) is 0 Å². The normalized spacial score (nSPS) is 11.2. The van der Waals surface area contributed by atoms with Crippen LogP contribution >= 0.6 is 22.7 Å². The van der Waals surface area contributed by atoms with Gasteiger partial charge in [0.1, 0.15) is 0 Å². The van der Waals surface area contributed by atoms with Gasteiger partial charge in [0.2, 0.25) is 5.82 Å². The second-order valence-electron chi connectivity index (χ2n) is 7.22. The second-order valence-corrected chi connectivity index (χ2v) is 9.38. The lowest BCUT2D eigenvalue weighted by atomic mass is 10.1. The van der Waals surface area contributed by atoms with Crippen LogP contribution in [-0.2, 0) is 0 Å². The first-order valence-corrected chi connectivity index (χ1v) is 11.4. The van der Waals surface area contributed by atoms with Crippen LogP contribution < -0.4 is 0 Å². The molecule has 5 rings (SSSR count). The van der Waals surface area contributed by atoms with Gasteiger partial charge < -0.3 is 0 Å². The summed E-state index contributed by atoms with van der Waals surface area (Å²) in [7, 11) is 0. The molecule has 0 spiro atoms. The Bertz CT molecular complexity index is 1420. The van der Waals surface area contributed by atoms with Crippen LogP contribution in [0.25, 0.3) is 41.8 Å². The Kier molecular flexibility index (Phi) is 5.60. The van der Waals surface area contributed by atoms with Crippen LogP contribution in [0.2, 0.25) is 0 Å². The molecule has 2 aromatic heterocycles. The minimum absolute atomic E-state index is 0.0346. The summed E-state index contributed by atoms with van der Waals surface area (Å²) < 4.78 is 68.8. The minimum Gasteiger partial charge on any atom is -0.203 e. The fourth-order valence-corrected chi connectivity index (χ4v) is 5.56. The van der Waals surface area contributed by atoms with Gasteiger partial charge in [0.05, 0.1) is 5.56 Å². The summed E-state index contributed by atoms with van der Waals surface area (Å²) in [5, 5.41) is 0. The second kappa shape index (κ2) is 8.57. The Hall–Kier alpha value is -3.29. The van der Waals surface area contributed by atoms with Crippen LogP contribution in [0.4, 0.5) is 22.0 Å². The maximum Gasteiger partial charge on any atom is 0.200 e. The van der Waals surface area contributed by atoms with E-state index >= 15 is 0 Å². The summed E-state index contributed by atoms with van der Waals surface area (Å²) >= 11 is 2.63. The SMILES string of the molecule is Fc1c(F)c(F)c(-c2ccc(-c3ccc(-c4ccc(-c5ccccc5)s4)cc3)s2)c(F)c1F. The molecule has 0 aliphatic heterocycles. The van der Waals surface area contributed by atoms with Gasteiger partial charge in [-0.1, -0.05) is 54.6 Å². The molecule has 0 bridgehead atoms. The van der Waals surface area contributed by atoms with E-state index in [1.807, 2.05) is 42.5 Å². The summed E-state index contributed by atoms with van der Waals surface area (Å²) in [6.07, 6.45) is 0. The molecule has 0 atom stereocenters. The van der Waals surface area contributed by atoms with Gasteiger partial charge in [0.15, 0.2) is 23.3 Å². The molecule has 0 radical (unpaired) electrons. The minimum atomic E-state index is -2.16. The van der Waals surface area contributed by atoms with Crippen LogP contribution in [0.5, 0.6) is 0 Å². The molecule has 0 saturated heterocycles. The average Bonchev–Trinajstić information content (AvgIpc) is 3.53. The Morgan fingerprint density at radius 3 is 1.21 bits per heavy atom. The highest BCUT2D eigenvalue weighted by Gasteiger charge is 2.27. The van der Waals surface area contributed by atoms with Crippen molar-refractivity contribution in [2.75, 3.05) is 0 Å². The molecule has 0 N–H and O–H groups in total. The van der Waals surface area contributed by atoms with E-state index in [9.17, 15) is 22.0 Å². The topological polar surface area (TPSA) is 0 Å². The smallest absolute Gasteiger partial charge is 0.200 e. The molecule has 3 aromatic carbocycles. The molecule has 0 saturated carbocycles. The monoisotopic (exact) mass is 484 g/mol. The quantitative estimate of drug-likeness (QED) is 0.136. The van der Waals surface area contributed by atoms with Crippen molar-refractivity contribution in [3.63, 3.8) is 0 Å². The Labute approximate surface area is 194 Å². The number of benzene rings is 3. The lowest BCUT2D eigenvalue weighted by molar-refractivity contribution is 0.381. The number of hydrogen-bond donors (Lipinski definition) is 0. The molecule has 5 aromatic rings. The van der Waals surface area contributed by atoms with Gasteiger partial charge in [-0.25, -0.2) is 22.0 Å². The zero-order valence-corrected chi connectivity index (χ0v) is 18.3. The predicted molar refractivity (Wildman–Crippen MR) is 124 cm³/mol. The number of halogens is 5. The van der Waals surface area contributed by atoms with E-state index in [-0.39, 0.29) is 4.88 Å². The lowest BCUT2D eigenvalue weighted by Crippen LogP contribution is -2.03. The highest BCUT2D eigenvalue weighted by atomic mass is 32.1. The first-order valence-electron chi connectivity index (χ1n) is 9.81. The van der Waals surface area contributed by atoms with Crippen LogP contribution in [0.15, 0.2) is 78.9 Å². The highest BCUT2D eigenvalue weighted by molar-refractivity contribution is 7.19. The van der Waals surface area contributed by atoms with Crippen LogP contribution in [0, 0.1) is 29.1 Å². The van der Waals surface area contributed by atoms with Crippen molar-refractivity contribution in [1.82, 2.24) is 0 Å². The maximum atomic E-state index is 14.2. The van der Waals surface area contributed by atoms with Crippen molar-refractivity contribution in [3.05, 3.63) is 108 Å². The average molecular weight is 485 g/mol. The molecular weight excluding hydrogens is 471 g/mol. The van der Waals surface area contributed by atoms with Crippen LogP contribution in [0.3, 0.4) is 0 Å². The third-order valence-electron chi connectivity index (χ3n) is 5.18. The van der Waals surface area contributed by atoms with Gasteiger partial charge in [-0.3, -0.25) is 0 Å². The van der Waals surface area contributed by atoms with Crippen molar-refractivity contribution in [2.45, 2.75) is 0 Å². The van der Waals surface area contributed by atoms with E-state index in [1.165, 1.54) is 6.07 Å². The van der Waals surface area contributed by atoms with Gasteiger partial charge in [0, 0.05) is 19.5 Å². The fraction of sp³-hybridized carbons (Fsp3) is 0. The zero-order valence-electron chi connectivity index (χ0n) is 16.7. The molecule has 0 fully saturated rings. The Balaban J connectivity index is 1.44. The van der Waals surface area contributed by atoms with E-state index < -0.39 is 34.6 Å². The molecule has 0 aliphatic carbocycles. The molecule has 0 nitrogen and oxygen atoms in total. The van der Waals surface area contributed by atoms with Gasteiger partial charge in [-0.2, -0.15) is 0 Å². The Morgan fingerprint density at radius 2 is 0.727 bits per heavy atom. The molecule has 33 heavy (non-hydrogen) atoms. The van der Waals surface area contributed by atoms with E-state index in [2.05, 4.69) is 24.3 Å². The van der Waals surface area contributed by atoms with Crippen molar-refractivity contribution in [1.29, 1.82) is 0 Å². The zero-order chi connectivity index (χ0) is 23.1. The summed E-state index contributed by atoms with van der Waals surface area (Å²) in [6, 6.07) is 24.7. The van der Waals surface area contributed by atoms with Crippen molar-refractivity contribution in [2.24, 2.45) is 0 Å². The van der Waals surface area contributed by atoms with E-state index in [4.69, 9.17) is 0 Å². The standard InChI is InChI=1S/C26H13F5S2/c27-22-21(23(28)25(30)26(31)24(22)29)20-13-12-19(33-20)16-8-6-15(7-9-16)18-11-10-17(32-18)14-4-2-1-3-5-14/h1-13H. The maximum absolute atomic E-state index is 14.2. The largest absolute Gasteiger partial charge is 0.203 e. The van der Waals surface area contributed by atoms with Crippen molar-refractivity contribution >= 4 is 22.7 Å². The first-order chi connectivity index (χ1) is 15.9. The number of thiophene rings is 2. The molecule has 2 heterocycles. The molecular formula is C26H13F5S2. The lowest BCUT2D eigenvalue weighted by Gasteiger charge is -2.06. The fourth-order valence-electron chi connectivity index (χ4n) is 3.50. The van der Waals surface area contributed by atoms with Gasteiger partial charge in [-0.05, 0) is 41.0 Å². The third kappa shape index (κ3) is 3.87. The third-order valence-corrected chi connectivity index (χ3v) is 7.52. The summed E-state index contributed by atoms with van der Waals surface area (Å²) in [4.78, 5) is 2.86. The van der Waals surface area contributed by atoms with Crippen molar-refractivity contribution < 1.29 is 22.0 Å². The van der Waals surface area contributed by atoms with E-state index in [0.29, 0.717) is 4.88 Å². The van der Waals surface area contributed by atoms with Gasteiger partial charge in [-0.15, -0.1) is 22.7 Å². The molecule has 164 valence electrons.